The maximum atomic E-state index is 14.4. The van der Waals surface area contributed by atoms with Gasteiger partial charge in [0.25, 0.3) is 0 Å². The van der Waals surface area contributed by atoms with E-state index in [-0.39, 0.29) is 17.8 Å². The zero-order chi connectivity index (χ0) is 15.8. The maximum absolute atomic E-state index is 14.4. The molecule has 3 aromatic rings. The first-order valence-electron chi connectivity index (χ1n) is 7.75. The summed E-state index contributed by atoms with van der Waals surface area (Å²) < 4.78 is 16.2. The first kappa shape index (κ1) is 14.1. The van der Waals surface area contributed by atoms with E-state index in [0.717, 1.165) is 24.2 Å². The fourth-order valence-electron chi connectivity index (χ4n) is 3.08. The summed E-state index contributed by atoms with van der Waals surface area (Å²) in [4.78, 5) is 0. The van der Waals surface area contributed by atoms with Crippen molar-refractivity contribution in [3.05, 3.63) is 66.2 Å². The van der Waals surface area contributed by atoms with Crippen LogP contribution in [0.2, 0.25) is 0 Å². The van der Waals surface area contributed by atoms with Crippen molar-refractivity contribution >= 4 is 0 Å². The molecule has 0 atom stereocenters. The molecule has 2 aromatic carbocycles. The molecule has 23 heavy (non-hydrogen) atoms. The Morgan fingerprint density at radius 2 is 1.65 bits per heavy atom. The lowest BCUT2D eigenvalue weighted by atomic mass is 9.80. The summed E-state index contributed by atoms with van der Waals surface area (Å²) >= 11 is 0. The van der Waals surface area contributed by atoms with Crippen molar-refractivity contribution in [2.75, 3.05) is 0 Å². The van der Waals surface area contributed by atoms with Crippen molar-refractivity contribution in [3.8, 4) is 17.1 Å². The normalized spacial score (nSPS) is 20.3. The molecule has 0 bridgehead atoms. The number of nitrogens with zero attached hydrogens (tertiary/aromatic N) is 3. The highest BCUT2D eigenvalue weighted by atomic mass is 19.1. The lowest BCUT2D eigenvalue weighted by Gasteiger charge is -2.31. The van der Waals surface area contributed by atoms with Crippen molar-refractivity contribution in [2.45, 2.75) is 24.8 Å². The number of para-hydroxylation sites is 1. The van der Waals surface area contributed by atoms with Gasteiger partial charge in [-0.3, -0.25) is 4.57 Å². The lowest BCUT2D eigenvalue weighted by Crippen LogP contribution is -2.36. The second kappa shape index (κ2) is 5.59. The molecule has 0 radical (unpaired) electrons. The maximum Gasteiger partial charge on any atom is 0.168 e. The monoisotopic (exact) mass is 308 g/mol. The van der Waals surface area contributed by atoms with Crippen LogP contribution in [0.5, 0.6) is 0 Å². The number of rotatable bonds is 3. The van der Waals surface area contributed by atoms with Crippen LogP contribution in [-0.4, -0.2) is 20.8 Å². The summed E-state index contributed by atoms with van der Waals surface area (Å²) in [6.07, 6.45) is 1.72. The minimum Gasteiger partial charge on any atom is -0.328 e. The molecule has 2 N–H and O–H groups in total. The lowest BCUT2D eigenvalue weighted by molar-refractivity contribution is 0.334. The van der Waals surface area contributed by atoms with E-state index in [1.807, 2.05) is 41.0 Å². The number of hydrogen-bond donors (Lipinski definition) is 1. The number of halogens is 1. The van der Waals surface area contributed by atoms with Crippen LogP contribution in [0.25, 0.3) is 17.1 Å². The van der Waals surface area contributed by atoms with Crippen molar-refractivity contribution < 1.29 is 4.39 Å². The van der Waals surface area contributed by atoms with Gasteiger partial charge in [0.2, 0.25) is 0 Å². The van der Waals surface area contributed by atoms with Gasteiger partial charge in [0.05, 0.1) is 5.69 Å². The van der Waals surface area contributed by atoms with Gasteiger partial charge in [0, 0.05) is 17.5 Å². The Morgan fingerprint density at radius 1 is 0.957 bits per heavy atom. The van der Waals surface area contributed by atoms with E-state index in [9.17, 15) is 4.39 Å². The summed E-state index contributed by atoms with van der Waals surface area (Å²) in [5, 5.41) is 8.69. The van der Waals surface area contributed by atoms with Gasteiger partial charge >= 0.3 is 0 Å². The molecule has 1 aliphatic rings. The predicted molar refractivity (Wildman–Crippen MR) is 86.7 cm³/mol. The van der Waals surface area contributed by atoms with Crippen LogP contribution in [0.3, 0.4) is 0 Å². The van der Waals surface area contributed by atoms with E-state index in [2.05, 4.69) is 10.2 Å². The Hall–Kier alpha value is -2.53. The molecule has 1 heterocycles. The van der Waals surface area contributed by atoms with E-state index in [1.165, 1.54) is 6.07 Å². The van der Waals surface area contributed by atoms with Gasteiger partial charge in [-0.15, -0.1) is 10.2 Å². The zero-order valence-corrected chi connectivity index (χ0v) is 12.6. The highest BCUT2D eigenvalue weighted by molar-refractivity contribution is 5.59. The Labute approximate surface area is 133 Å². The molecular formula is C18H17FN4. The SMILES string of the molecule is NC1CC(c2nnc(-c3ccccc3)n2-c2ccccc2F)C1. The Bertz CT molecular complexity index is 822. The van der Waals surface area contributed by atoms with Crippen LogP contribution in [0.15, 0.2) is 54.6 Å². The van der Waals surface area contributed by atoms with E-state index in [0.29, 0.717) is 11.5 Å². The third kappa shape index (κ3) is 2.43. The molecular weight excluding hydrogens is 291 g/mol. The number of benzene rings is 2. The number of hydrogen-bond acceptors (Lipinski definition) is 3. The van der Waals surface area contributed by atoms with Gasteiger partial charge in [0.1, 0.15) is 11.6 Å². The van der Waals surface area contributed by atoms with E-state index < -0.39 is 0 Å². The first-order chi connectivity index (χ1) is 11.2. The van der Waals surface area contributed by atoms with E-state index >= 15 is 0 Å². The standard InChI is InChI=1S/C18H17FN4/c19-15-8-4-5-9-16(15)23-17(12-6-2-1-3-7-12)21-22-18(23)13-10-14(20)11-13/h1-9,13-14H,10-11,20H2. The summed E-state index contributed by atoms with van der Waals surface area (Å²) in [6, 6.07) is 16.7. The quantitative estimate of drug-likeness (QED) is 0.808. The smallest absolute Gasteiger partial charge is 0.168 e. The Morgan fingerprint density at radius 3 is 2.35 bits per heavy atom. The fraction of sp³-hybridized carbons (Fsp3) is 0.222. The van der Waals surface area contributed by atoms with Gasteiger partial charge in [-0.05, 0) is 25.0 Å². The van der Waals surface area contributed by atoms with Gasteiger partial charge in [0.15, 0.2) is 5.82 Å². The van der Waals surface area contributed by atoms with Crippen LogP contribution in [-0.2, 0) is 0 Å². The molecule has 0 saturated heterocycles. The minimum atomic E-state index is -0.283. The topological polar surface area (TPSA) is 56.7 Å². The molecule has 1 aliphatic carbocycles. The molecule has 5 heteroatoms. The third-order valence-corrected chi connectivity index (χ3v) is 4.35. The fourth-order valence-corrected chi connectivity index (χ4v) is 3.08. The largest absolute Gasteiger partial charge is 0.328 e. The minimum absolute atomic E-state index is 0.200. The van der Waals surface area contributed by atoms with E-state index in [4.69, 9.17) is 5.73 Å². The van der Waals surface area contributed by atoms with Crippen LogP contribution in [0.4, 0.5) is 4.39 Å². The van der Waals surface area contributed by atoms with Gasteiger partial charge in [-0.25, -0.2) is 4.39 Å². The first-order valence-corrected chi connectivity index (χ1v) is 7.75. The van der Waals surface area contributed by atoms with E-state index in [1.54, 1.807) is 12.1 Å². The summed E-state index contributed by atoms with van der Waals surface area (Å²) in [7, 11) is 0. The highest BCUT2D eigenvalue weighted by Gasteiger charge is 2.33. The van der Waals surface area contributed by atoms with Crippen LogP contribution < -0.4 is 5.73 Å². The number of aromatic nitrogens is 3. The molecule has 0 spiro atoms. The molecule has 4 nitrogen and oxygen atoms in total. The summed E-state index contributed by atoms with van der Waals surface area (Å²) in [6.45, 7) is 0. The van der Waals surface area contributed by atoms with Crippen LogP contribution in [0, 0.1) is 5.82 Å². The van der Waals surface area contributed by atoms with Crippen LogP contribution in [0.1, 0.15) is 24.6 Å². The molecule has 0 amide bonds. The second-order valence-electron chi connectivity index (χ2n) is 5.96. The van der Waals surface area contributed by atoms with Gasteiger partial charge in [-0.1, -0.05) is 42.5 Å². The third-order valence-electron chi connectivity index (χ3n) is 4.35. The molecule has 4 rings (SSSR count). The van der Waals surface area contributed by atoms with Crippen molar-refractivity contribution in [2.24, 2.45) is 5.73 Å². The highest BCUT2D eigenvalue weighted by Crippen LogP contribution is 2.37. The van der Waals surface area contributed by atoms with Gasteiger partial charge in [-0.2, -0.15) is 0 Å². The van der Waals surface area contributed by atoms with Crippen molar-refractivity contribution in [1.29, 1.82) is 0 Å². The molecule has 0 aliphatic heterocycles. The molecule has 1 aromatic heterocycles. The molecule has 0 unspecified atom stereocenters. The van der Waals surface area contributed by atoms with Gasteiger partial charge < -0.3 is 5.73 Å². The molecule has 1 fully saturated rings. The summed E-state index contributed by atoms with van der Waals surface area (Å²) in [5.74, 6) is 1.39. The summed E-state index contributed by atoms with van der Waals surface area (Å²) in [5.41, 5.74) is 7.30. The van der Waals surface area contributed by atoms with Crippen molar-refractivity contribution in [1.82, 2.24) is 14.8 Å². The average Bonchev–Trinajstić information content (AvgIpc) is 2.97. The zero-order valence-electron chi connectivity index (χ0n) is 12.6. The molecule has 116 valence electrons. The van der Waals surface area contributed by atoms with Crippen LogP contribution >= 0.6 is 0 Å². The Kier molecular flexibility index (Phi) is 3.42. The second-order valence-corrected chi connectivity index (χ2v) is 5.96. The molecule has 1 saturated carbocycles. The Balaban J connectivity index is 1.89. The predicted octanol–water partition coefficient (Wildman–Crippen LogP) is 3.28. The average molecular weight is 308 g/mol. The van der Waals surface area contributed by atoms with Crippen molar-refractivity contribution in [3.63, 3.8) is 0 Å². The number of nitrogens with two attached hydrogens (primary N) is 1.